The van der Waals surface area contributed by atoms with Crippen molar-refractivity contribution in [2.75, 3.05) is 20.2 Å². The zero-order valence-corrected chi connectivity index (χ0v) is 18.1. The first-order chi connectivity index (χ1) is 15.5. The van der Waals surface area contributed by atoms with Crippen molar-refractivity contribution in [1.82, 2.24) is 25.2 Å². The second-order valence-electron chi connectivity index (χ2n) is 7.74. The molecule has 0 aliphatic carbocycles. The standard InChI is InChI=1S/C24H25N5O3/c1-16-21(23(30)27-12-17-5-3-7-20(11-17)32-2)14-26-22(28-16)19-8-10-29(15-19)24(31)18-6-4-9-25-13-18/h3-7,9,11,13-14,19H,8,10,12,15H2,1-2H3,(H,27,30)/t19-/m0/s1. The molecule has 0 saturated carbocycles. The molecule has 1 fully saturated rings. The van der Waals surface area contributed by atoms with Crippen LogP contribution in [0.25, 0.3) is 0 Å². The fourth-order valence-electron chi connectivity index (χ4n) is 3.79. The minimum Gasteiger partial charge on any atom is -0.497 e. The summed E-state index contributed by atoms with van der Waals surface area (Å²) in [4.78, 5) is 40.1. The molecule has 2 amide bonds. The second kappa shape index (κ2) is 9.55. The number of pyridine rings is 1. The number of likely N-dealkylation sites (tertiary alicyclic amines) is 1. The Morgan fingerprint density at radius 1 is 1.22 bits per heavy atom. The molecular weight excluding hydrogens is 406 g/mol. The van der Waals surface area contributed by atoms with E-state index in [4.69, 9.17) is 4.74 Å². The van der Waals surface area contributed by atoms with Gasteiger partial charge in [-0.2, -0.15) is 0 Å². The summed E-state index contributed by atoms with van der Waals surface area (Å²) < 4.78 is 5.21. The second-order valence-corrected chi connectivity index (χ2v) is 7.74. The van der Waals surface area contributed by atoms with E-state index < -0.39 is 0 Å². The number of nitrogens with zero attached hydrogens (tertiary/aromatic N) is 4. The number of nitrogens with one attached hydrogen (secondary N) is 1. The third-order valence-electron chi connectivity index (χ3n) is 5.58. The van der Waals surface area contributed by atoms with Gasteiger partial charge >= 0.3 is 0 Å². The topological polar surface area (TPSA) is 97.3 Å². The van der Waals surface area contributed by atoms with Gasteiger partial charge in [-0.3, -0.25) is 14.6 Å². The number of aryl methyl sites for hydroxylation is 1. The molecule has 0 spiro atoms. The Balaban J connectivity index is 1.38. The van der Waals surface area contributed by atoms with E-state index in [9.17, 15) is 9.59 Å². The van der Waals surface area contributed by atoms with Crippen molar-refractivity contribution in [3.8, 4) is 5.75 Å². The lowest BCUT2D eigenvalue weighted by molar-refractivity contribution is 0.0790. The van der Waals surface area contributed by atoms with E-state index in [1.165, 1.54) is 0 Å². The zero-order valence-electron chi connectivity index (χ0n) is 18.1. The predicted molar refractivity (Wildman–Crippen MR) is 118 cm³/mol. The maximum absolute atomic E-state index is 12.6. The molecule has 1 N–H and O–H groups in total. The fourth-order valence-corrected chi connectivity index (χ4v) is 3.79. The van der Waals surface area contributed by atoms with Crippen LogP contribution < -0.4 is 10.1 Å². The van der Waals surface area contributed by atoms with Crippen LogP contribution in [0.3, 0.4) is 0 Å². The van der Waals surface area contributed by atoms with Crippen LogP contribution in [-0.4, -0.2) is 51.9 Å². The molecule has 2 aromatic heterocycles. The van der Waals surface area contributed by atoms with Crippen molar-refractivity contribution in [2.45, 2.75) is 25.8 Å². The van der Waals surface area contributed by atoms with Crippen LogP contribution in [0.15, 0.2) is 55.0 Å². The zero-order chi connectivity index (χ0) is 22.5. The van der Waals surface area contributed by atoms with Gasteiger partial charge in [0.25, 0.3) is 11.8 Å². The lowest BCUT2D eigenvalue weighted by atomic mass is 10.1. The van der Waals surface area contributed by atoms with E-state index in [1.54, 1.807) is 49.7 Å². The molecule has 164 valence electrons. The number of hydrogen-bond acceptors (Lipinski definition) is 6. The van der Waals surface area contributed by atoms with Crippen LogP contribution in [0.4, 0.5) is 0 Å². The number of hydrogen-bond donors (Lipinski definition) is 1. The Morgan fingerprint density at radius 2 is 2.09 bits per heavy atom. The van der Waals surface area contributed by atoms with Crippen molar-refractivity contribution in [3.05, 3.63) is 83.2 Å². The Bertz CT molecular complexity index is 1120. The molecule has 0 radical (unpaired) electrons. The number of benzene rings is 1. The lowest BCUT2D eigenvalue weighted by Crippen LogP contribution is -2.28. The van der Waals surface area contributed by atoms with Crippen LogP contribution >= 0.6 is 0 Å². The number of carbonyl (C=O) groups is 2. The van der Waals surface area contributed by atoms with Gasteiger partial charge in [0.15, 0.2) is 0 Å². The average Bonchev–Trinajstić information content (AvgIpc) is 3.33. The van der Waals surface area contributed by atoms with Crippen molar-refractivity contribution < 1.29 is 14.3 Å². The van der Waals surface area contributed by atoms with Gasteiger partial charge in [-0.15, -0.1) is 0 Å². The van der Waals surface area contributed by atoms with Crippen LogP contribution in [0.5, 0.6) is 5.75 Å². The quantitative estimate of drug-likeness (QED) is 0.645. The van der Waals surface area contributed by atoms with Crippen molar-refractivity contribution in [2.24, 2.45) is 0 Å². The number of ether oxygens (including phenoxy) is 1. The third kappa shape index (κ3) is 4.74. The molecule has 4 rings (SSSR count). The van der Waals surface area contributed by atoms with Gasteiger partial charge < -0.3 is 15.0 Å². The number of methoxy groups -OCH3 is 1. The van der Waals surface area contributed by atoms with Gasteiger partial charge in [-0.25, -0.2) is 9.97 Å². The molecule has 32 heavy (non-hydrogen) atoms. The summed E-state index contributed by atoms with van der Waals surface area (Å²) >= 11 is 0. The first kappa shape index (κ1) is 21.4. The van der Waals surface area contributed by atoms with Crippen molar-refractivity contribution >= 4 is 11.8 Å². The molecular formula is C24H25N5O3. The number of carbonyl (C=O) groups excluding carboxylic acids is 2. The molecule has 0 bridgehead atoms. The molecule has 1 aromatic carbocycles. The lowest BCUT2D eigenvalue weighted by Gasteiger charge is -2.16. The Hall–Kier alpha value is -3.81. The van der Waals surface area contributed by atoms with Gasteiger partial charge in [0.1, 0.15) is 11.6 Å². The maximum atomic E-state index is 12.6. The highest BCUT2D eigenvalue weighted by atomic mass is 16.5. The van der Waals surface area contributed by atoms with E-state index in [-0.39, 0.29) is 17.7 Å². The van der Waals surface area contributed by atoms with E-state index in [0.717, 1.165) is 17.7 Å². The summed E-state index contributed by atoms with van der Waals surface area (Å²) in [7, 11) is 1.61. The third-order valence-corrected chi connectivity index (χ3v) is 5.58. The van der Waals surface area contributed by atoms with Gasteiger partial charge in [0, 0.05) is 44.1 Å². The van der Waals surface area contributed by atoms with E-state index in [2.05, 4.69) is 20.3 Å². The molecule has 8 heteroatoms. The molecule has 3 aromatic rings. The highest BCUT2D eigenvalue weighted by molar-refractivity contribution is 5.95. The largest absolute Gasteiger partial charge is 0.497 e. The summed E-state index contributed by atoms with van der Waals surface area (Å²) in [6, 6.07) is 11.1. The van der Waals surface area contributed by atoms with Crippen molar-refractivity contribution in [3.63, 3.8) is 0 Å². The Kier molecular flexibility index (Phi) is 6.39. The van der Waals surface area contributed by atoms with Crippen LogP contribution in [0, 0.1) is 6.92 Å². The summed E-state index contributed by atoms with van der Waals surface area (Å²) in [5.41, 5.74) is 2.58. The molecule has 1 aliphatic rings. The molecule has 0 unspecified atom stereocenters. The van der Waals surface area contributed by atoms with Crippen LogP contribution in [-0.2, 0) is 6.54 Å². The van der Waals surface area contributed by atoms with Gasteiger partial charge in [0.2, 0.25) is 0 Å². The first-order valence-electron chi connectivity index (χ1n) is 10.5. The molecule has 1 atom stereocenters. The maximum Gasteiger partial charge on any atom is 0.255 e. The monoisotopic (exact) mass is 431 g/mol. The minimum atomic E-state index is -0.225. The molecule has 3 heterocycles. The van der Waals surface area contributed by atoms with Gasteiger partial charge in [0.05, 0.1) is 23.9 Å². The normalized spacial score (nSPS) is 15.4. The SMILES string of the molecule is COc1cccc(CNC(=O)c2cnc([C@H]3CCN(C(=O)c4cccnc4)C3)nc2C)c1. The molecule has 1 aliphatic heterocycles. The van der Waals surface area contributed by atoms with Crippen LogP contribution in [0.2, 0.25) is 0 Å². The average molecular weight is 431 g/mol. The smallest absolute Gasteiger partial charge is 0.255 e. The first-order valence-corrected chi connectivity index (χ1v) is 10.5. The van der Waals surface area contributed by atoms with Crippen molar-refractivity contribution in [1.29, 1.82) is 0 Å². The van der Waals surface area contributed by atoms with Gasteiger partial charge in [-0.05, 0) is 43.2 Å². The fraction of sp³-hybridized carbons (Fsp3) is 0.292. The number of rotatable bonds is 6. The summed E-state index contributed by atoms with van der Waals surface area (Å²) in [5.74, 6) is 1.19. The summed E-state index contributed by atoms with van der Waals surface area (Å²) in [6.45, 7) is 3.38. The minimum absolute atomic E-state index is 0.0362. The number of amides is 2. The van der Waals surface area contributed by atoms with Gasteiger partial charge in [-0.1, -0.05) is 12.1 Å². The van der Waals surface area contributed by atoms with Crippen LogP contribution in [0.1, 0.15) is 50.1 Å². The highest BCUT2D eigenvalue weighted by Gasteiger charge is 2.30. The predicted octanol–water partition coefficient (Wildman–Crippen LogP) is 2.75. The summed E-state index contributed by atoms with van der Waals surface area (Å²) in [6.07, 6.45) is 5.58. The van der Waals surface area contributed by atoms with E-state index in [1.807, 2.05) is 24.3 Å². The summed E-state index contributed by atoms with van der Waals surface area (Å²) in [5, 5.41) is 2.90. The number of aromatic nitrogens is 3. The molecule has 8 nitrogen and oxygen atoms in total. The highest BCUT2D eigenvalue weighted by Crippen LogP contribution is 2.26. The Morgan fingerprint density at radius 3 is 2.84 bits per heavy atom. The van der Waals surface area contributed by atoms with E-state index >= 15 is 0 Å². The van der Waals surface area contributed by atoms with E-state index in [0.29, 0.717) is 42.3 Å². The molecule has 1 saturated heterocycles. The Labute approximate surface area is 186 Å².